The molecule has 2 amide bonds. The minimum absolute atomic E-state index is 0.131. The lowest BCUT2D eigenvalue weighted by Crippen LogP contribution is -2.18. The van der Waals surface area contributed by atoms with Crippen LogP contribution >= 0.6 is 22.9 Å². The zero-order valence-electron chi connectivity index (χ0n) is 16.2. The Kier molecular flexibility index (Phi) is 6.62. The predicted octanol–water partition coefficient (Wildman–Crippen LogP) is 4.79. The van der Waals surface area contributed by atoms with E-state index in [0.29, 0.717) is 30.0 Å². The molecule has 1 aliphatic carbocycles. The molecule has 0 saturated heterocycles. The van der Waals surface area contributed by atoms with Crippen molar-refractivity contribution in [1.82, 2.24) is 0 Å². The molecule has 1 aliphatic rings. The Labute approximate surface area is 174 Å². The second kappa shape index (κ2) is 8.97. The van der Waals surface area contributed by atoms with Gasteiger partial charge in [0.1, 0.15) is 10.8 Å². The predicted molar refractivity (Wildman–Crippen MR) is 114 cm³/mol. The maximum Gasteiger partial charge on any atom is 0.251 e. The first kappa shape index (κ1) is 20.7. The van der Waals surface area contributed by atoms with Crippen molar-refractivity contribution >= 4 is 39.8 Å². The zero-order valence-corrected chi connectivity index (χ0v) is 17.8. The minimum atomic E-state index is -0.466. The van der Waals surface area contributed by atoms with Gasteiger partial charge < -0.3 is 15.8 Å². The van der Waals surface area contributed by atoms with Gasteiger partial charge in [0.2, 0.25) is 5.91 Å². The van der Waals surface area contributed by atoms with Gasteiger partial charge in [0.05, 0.1) is 12.2 Å². The average molecular weight is 421 g/mol. The van der Waals surface area contributed by atoms with Crippen LogP contribution in [0.4, 0.5) is 5.00 Å². The van der Waals surface area contributed by atoms with Gasteiger partial charge in [0.25, 0.3) is 5.91 Å². The highest BCUT2D eigenvalue weighted by molar-refractivity contribution is 7.17. The highest BCUT2D eigenvalue weighted by Crippen LogP contribution is 2.38. The Balaban J connectivity index is 1.54. The summed E-state index contributed by atoms with van der Waals surface area (Å²) in [4.78, 5) is 25.4. The number of thiophene rings is 1. The average Bonchev–Trinajstić information content (AvgIpc) is 3.01. The van der Waals surface area contributed by atoms with E-state index in [2.05, 4.69) is 5.32 Å². The summed E-state index contributed by atoms with van der Waals surface area (Å²) < 4.78 is 5.74. The molecular formula is C21H25ClN2O3S. The number of hydrogen-bond acceptors (Lipinski definition) is 4. The molecule has 150 valence electrons. The molecule has 2 aromatic rings. The quantitative estimate of drug-likeness (QED) is 0.631. The number of carbonyl (C=O) groups is 2. The first-order valence-corrected chi connectivity index (χ1v) is 10.7. The van der Waals surface area contributed by atoms with Crippen molar-refractivity contribution < 1.29 is 14.3 Å². The van der Waals surface area contributed by atoms with Crippen LogP contribution in [0.1, 0.15) is 57.6 Å². The molecule has 5 nitrogen and oxygen atoms in total. The number of halogens is 1. The number of nitrogens with two attached hydrogens (primary N) is 1. The summed E-state index contributed by atoms with van der Waals surface area (Å²) in [5.74, 6) is 0.154. The van der Waals surface area contributed by atoms with Crippen LogP contribution in [-0.2, 0) is 17.6 Å². The largest absolute Gasteiger partial charge is 0.494 e. The Hall–Kier alpha value is -2.05. The van der Waals surface area contributed by atoms with Gasteiger partial charge in [-0.25, -0.2) is 0 Å². The molecule has 0 radical (unpaired) electrons. The fraction of sp³-hybridized carbons (Fsp3) is 0.429. The van der Waals surface area contributed by atoms with Gasteiger partial charge in [-0.3, -0.25) is 9.59 Å². The molecule has 0 unspecified atom stereocenters. The van der Waals surface area contributed by atoms with E-state index in [9.17, 15) is 9.59 Å². The summed E-state index contributed by atoms with van der Waals surface area (Å²) in [5, 5.41) is 4.22. The normalized spacial score (nSPS) is 13.1. The minimum Gasteiger partial charge on any atom is -0.494 e. The monoisotopic (exact) mass is 420 g/mol. The molecule has 0 saturated carbocycles. The van der Waals surface area contributed by atoms with Crippen molar-refractivity contribution in [2.24, 2.45) is 5.73 Å². The number of benzene rings is 1. The molecule has 3 N–H and O–H groups in total. The molecule has 0 bridgehead atoms. The molecule has 0 atom stereocenters. The van der Waals surface area contributed by atoms with Crippen molar-refractivity contribution in [3.05, 3.63) is 44.3 Å². The van der Waals surface area contributed by atoms with E-state index in [-0.39, 0.29) is 5.91 Å². The number of aryl methyl sites for hydroxylation is 3. The topological polar surface area (TPSA) is 81.4 Å². The standard InChI is InChI=1S/C21H25ClN2O3S/c1-12-10-14(11-13(2)19(12)22)27-9-5-8-17(25)24-21-18(20(23)26)15-6-3-4-7-16(15)28-21/h10-11H,3-9H2,1-2H3,(H2,23,26)(H,24,25). The third kappa shape index (κ3) is 4.67. The summed E-state index contributed by atoms with van der Waals surface area (Å²) >= 11 is 7.64. The number of ether oxygens (including phenoxy) is 1. The van der Waals surface area contributed by atoms with E-state index in [1.165, 1.54) is 16.2 Å². The number of nitrogens with one attached hydrogen (secondary N) is 1. The van der Waals surface area contributed by atoms with Crippen LogP contribution < -0.4 is 15.8 Å². The Bertz CT molecular complexity index is 884. The second-order valence-electron chi connectivity index (χ2n) is 7.15. The maximum atomic E-state index is 12.3. The summed E-state index contributed by atoms with van der Waals surface area (Å²) in [7, 11) is 0. The fourth-order valence-corrected chi connectivity index (χ4v) is 4.94. The Morgan fingerprint density at radius 2 is 1.89 bits per heavy atom. The lowest BCUT2D eigenvalue weighted by atomic mass is 9.95. The number of carbonyl (C=O) groups excluding carboxylic acids is 2. The van der Waals surface area contributed by atoms with Gasteiger partial charge >= 0.3 is 0 Å². The van der Waals surface area contributed by atoms with Crippen molar-refractivity contribution in [3.63, 3.8) is 0 Å². The van der Waals surface area contributed by atoms with Gasteiger partial charge in [-0.1, -0.05) is 11.6 Å². The first-order chi connectivity index (χ1) is 13.4. The second-order valence-corrected chi connectivity index (χ2v) is 8.63. The van der Waals surface area contributed by atoms with Gasteiger partial charge in [-0.05, 0) is 74.8 Å². The molecule has 1 aromatic heterocycles. The van der Waals surface area contributed by atoms with Crippen LogP contribution in [0.15, 0.2) is 12.1 Å². The van der Waals surface area contributed by atoms with E-state index in [0.717, 1.165) is 53.1 Å². The molecule has 0 spiro atoms. The van der Waals surface area contributed by atoms with E-state index in [4.69, 9.17) is 22.1 Å². The van der Waals surface area contributed by atoms with Gasteiger partial charge in [-0.15, -0.1) is 11.3 Å². The zero-order chi connectivity index (χ0) is 20.3. The van der Waals surface area contributed by atoms with Crippen LogP contribution in [0.25, 0.3) is 0 Å². The smallest absolute Gasteiger partial charge is 0.251 e. The first-order valence-electron chi connectivity index (χ1n) is 9.50. The van der Waals surface area contributed by atoms with Crippen LogP contribution in [0.3, 0.4) is 0 Å². The lowest BCUT2D eigenvalue weighted by molar-refractivity contribution is -0.116. The van der Waals surface area contributed by atoms with E-state index in [1.54, 1.807) is 0 Å². The maximum absolute atomic E-state index is 12.3. The molecular weight excluding hydrogens is 396 g/mol. The Morgan fingerprint density at radius 3 is 2.57 bits per heavy atom. The van der Waals surface area contributed by atoms with Crippen molar-refractivity contribution in [2.45, 2.75) is 52.4 Å². The third-order valence-corrected chi connectivity index (χ3v) is 6.70. The summed E-state index contributed by atoms with van der Waals surface area (Å²) in [6, 6.07) is 3.79. The molecule has 7 heteroatoms. The third-order valence-electron chi connectivity index (χ3n) is 4.90. The van der Waals surface area contributed by atoms with E-state index < -0.39 is 5.91 Å². The SMILES string of the molecule is Cc1cc(OCCCC(=O)Nc2sc3c(c2C(N)=O)CCCC3)cc(C)c1Cl. The number of rotatable bonds is 7. The van der Waals surface area contributed by atoms with E-state index >= 15 is 0 Å². The van der Waals surface area contributed by atoms with Crippen LogP contribution in [-0.4, -0.2) is 18.4 Å². The summed E-state index contributed by atoms with van der Waals surface area (Å²) in [6.07, 6.45) is 4.85. The lowest BCUT2D eigenvalue weighted by Gasteiger charge is -2.11. The van der Waals surface area contributed by atoms with Crippen LogP contribution in [0.2, 0.25) is 5.02 Å². The Morgan fingerprint density at radius 1 is 1.21 bits per heavy atom. The van der Waals surface area contributed by atoms with Crippen LogP contribution in [0, 0.1) is 13.8 Å². The molecule has 28 heavy (non-hydrogen) atoms. The molecule has 0 aliphatic heterocycles. The van der Waals surface area contributed by atoms with E-state index in [1.807, 2.05) is 26.0 Å². The molecule has 3 rings (SSSR count). The van der Waals surface area contributed by atoms with Crippen LogP contribution in [0.5, 0.6) is 5.75 Å². The highest BCUT2D eigenvalue weighted by atomic mass is 35.5. The molecule has 1 aromatic carbocycles. The summed E-state index contributed by atoms with van der Waals surface area (Å²) in [5.41, 5.74) is 9.02. The van der Waals surface area contributed by atoms with Crippen molar-refractivity contribution in [1.29, 1.82) is 0 Å². The van der Waals surface area contributed by atoms with Gasteiger partial charge in [-0.2, -0.15) is 0 Å². The van der Waals surface area contributed by atoms with Crippen molar-refractivity contribution in [3.8, 4) is 5.75 Å². The number of fused-ring (bicyclic) bond motifs is 1. The number of amides is 2. The van der Waals surface area contributed by atoms with Gasteiger partial charge in [0.15, 0.2) is 0 Å². The van der Waals surface area contributed by atoms with Gasteiger partial charge in [0, 0.05) is 16.3 Å². The number of anilines is 1. The summed E-state index contributed by atoms with van der Waals surface area (Å²) in [6.45, 7) is 4.30. The fourth-order valence-electron chi connectivity index (χ4n) is 3.52. The highest BCUT2D eigenvalue weighted by Gasteiger charge is 2.24. The number of primary amides is 1. The van der Waals surface area contributed by atoms with Crippen molar-refractivity contribution in [2.75, 3.05) is 11.9 Å². The molecule has 0 fully saturated rings. The number of hydrogen-bond donors (Lipinski definition) is 2. The molecule has 1 heterocycles.